The van der Waals surface area contributed by atoms with Gasteiger partial charge >= 0.3 is 27.7 Å². The number of primary sulfonamides is 1. The summed E-state index contributed by atoms with van der Waals surface area (Å²) in [4.78, 5) is 56.2. The van der Waals surface area contributed by atoms with Gasteiger partial charge in [-0.05, 0) is 58.7 Å². The largest absolute Gasteiger partial charge is 2.00 e. The maximum atomic E-state index is 11.5. The minimum absolute atomic E-state index is 0. The maximum absolute atomic E-state index is 11.5. The van der Waals surface area contributed by atoms with Crippen LogP contribution in [-0.2, 0) is 80.8 Å². The van der Waals surface area contributed by atoms with Gasteiger partial charge in [0.2, 0.25) is 20.0 Å². The molecule has 0 unspecified atom stereocenters. The molecule has 27 nitrogen and oxygen atoms in total. The molecule has 0 atom stereocenters. The van der Waals surface area contributed by atoms with Gasteiger partial charge in [0.15, 0.2) is 11.6 Å². The van der Waals surface area contributed by atoms with Gasteiger partial charge in [0, 0.05) is 64.9 Å². The molecule has 2 aliphatic rings. The molecular formula is C48H44CuN14O13S5. The number of aromatic nitrogens is 12. The van der Waals surface area contributed by atoms with Crippen molar-refractivity contribution in [2.24, 2.45) is 5.14 Å². The first kappa shape index (κ1) is 62.4. The molecule has 0 saturated carbocycles. The third kappa shape index (κ3) is 17.8. The van der Waals surface area contributed by atoms with E-state index in [9.17, 15) is 38.2 Å². The molecule has 0 saturated heterocycles. The van der Waals surface area contributed by atoms with Crippen molar-refractivity contribution in [3.63, 3.8) is 0 Å². The Bertz CT molecular complexity index is 4400. The van der Waals surface area contributed by atoms with E-state index in [0.717, 1.165) is 50.7 Å². The van der Waals surface area contributed by atoms with Crippen LogP contribution < -0.4 is 19.8 Å². The Balaban J connectivity index is 0.000000222. The zero-order valence-electron chi connectivity index (χ0n) is 42.5. The molecule has 0 spiro atoms. The van der Waals surface area contributed by atoms with Crippen LogP contribution in [0.4, 0.5) is 0 Å². The number of nitrogens with zero attached hydrogens (tertiary/aromatic N) is 12. The summed E-state index contributed by atoms with van der Waals surface area (Å²) in [6.45, 7) is 1.96. The molecular weight excluding hydrogens is 1200 g/mol. The van der Waals surface area contributed by atoms with E-state index in [1.807, 2.05) is 84.9 Å². The molecule has 9 aromatic rings. The molecule has 1 radical (unpaired) electrons. The quantitative estimate of drug-likeness (QED) is 0.0961. The van der Waals surface area contributed by atoms with Crippen molar-refractivity contribution in [1.82, 2.24) is 64.5 Å². The number of sulfonamides is 2. The Morgan fingerprint density at radius 2 is 0.951 bits per heavy atom. The van der Waals surface area contributed by atoms with Crippen LogP contribution in [0, 0.1) is 6.92 Å². The average Bonchev–Trinajstić information content (AvgIpc) is 4.34. The number of aryl methyl sites for hydroxylation is 2. The van der Waals surface area contributed by atoms with E-state index in [1.165, 1.54) is 12.1 Å². The first-order chi connectivity index (χ1) is 37.6. The summed E-state index contributed by atoms with van der Waals surface area (Å²) in [7, 11) is -17.5. The summed E-state index contributed by atoms with van der Waals surface area (Å²) in [5.41, 5.74) is 5.69. The Kier molecular flexibility index (Phi) is 20.2. The minimum Gasteiger partial charge on any atom is -0.357 e. The van der Waals surface area contributed by atoms with Crippen molar-refractivity contribution in [1.29, 1.82) is 0 Å². The van der Waals surface area contributed by atoms with Crippen molar-refractivity contribution < 1.29 is 72.5 Å². The average molecular weight is 1250 g/mol. The van der Waals surface area contributed by atoms with Gasteiger partial charge in [-0.2, -0.15) is 16.8 Å². The molecule has 33 heteroatoms. The molecule has 0 fully saturated rings. The van der Waals surface area contributed by atoms with Gasteiger partial charge in [0.05, 0.1) is 35.3 Å². The van der Waals surface area contributed by atoms with Crippen molar-refractivity contribution >= 4 is 95.0 Å². The zero-order valence-corrected chi connectivity index (χ0v) is 47.5. The van der Waals surface area contributed by atoms with E-state index in [2.05, 4.69) is 29.8 Å². The van der Waals surface area contributed by atoms with Gasteiger partial charge in [0.25, 0.3) is 20.2 Å². The normalized spacial score (nSPS) is 11.6. The van der Waals surface area contributed by atoms with Crippen LogP contribution >= 0.6 is 0 Å². The maximum Gasteiger partial charge on any atom is 2.00 e. The van der Waals surface area contributed by atoms with E-state index in [0.29, 0.717) is 93.7 Å². The van der Waals surface area contributed by atoms with Crippen LogP contribution in [0.3, 0.4) is 0 Å². The van der Waals surface area contributed by atoms with Crippen molar-refractivity contribution in [2.45, 2.75) is 31.1 Å². The van der Waals surface area contributed by atoms with Gasteiger partial charge in [-0.15, -0.1) is 12.6 Å². The number of pyridine rings is 1. The molecule has 425 valence electrons. The van der Waals surface area contributed by atoms with Gasteiger partial charge in [-0.3, -0.25) is 14.1 Å². The number of hydrogen-bond acceptors (Lipinski definition) is 21. The summed E-state index contributed by atoms with van der Waals surface area (Å²) in [5, 5.41) is 7.85. The van der Waals surface area contributed by atoms with Crippen LogP contribution in [0.5, 0.6) is 0 Å². The molecule has 5 N–H and O–H groups in total. The van der Waals surface area contributed by atoms with Crippen molar-refractivity contribution in [2.75, 3.05) is 25.3 Å². The van der Waals surface area contributed by atoms with E-state index in [-0.39, 0.29) is 34.9 Å². The predicted octanol–water partition coefficient (Wildman–Crippen LogP) is 3.42. The van der Waals surface area contributed by atoms with Gasteiger partial charge in [0.1, 0.15) is 23.2 Å². The zero-order chi connectivity index (χ0) is 58.2. The molecule has 0 aliphatic carbocycles. The first-order valence-corrected chi connectivity index (χ1v) is 31.0. The first-order valence-electron chi connectivity index (χ1n) is 22.9. The smallest absolute Gasteiger partial charge is 0.357 e. The molecule has 81 heavy (non-hydrogen) atoms. The monoisotopic (exact) mass is 1250 g/mol. The van der Waals surface area contributed by atoms with Crippen LogP contribution in [0.1, 0.15) is 29.5 Å². The fourth-order valence-electron chi connectivity index (χ4n) is 7.70. The standard InChI is InChI=1S/C31H15N9.C15H20N4O5S2.CH5NO2S.CH4O3S.Cu.O3S/c1-2-9-17-16(8-1)24-33-25(17)35-27-20-12-5-6-13-21(20)29(37-27)39-31-23-22(14-7-15-32-23)30(40-31)38-28-19-11-4-3-10-18(19)26(34-24)36-28;1-11-17-14(8-5-9-16-25(2,20)21)19-15(18-11)10-12-6-3-4-7-13(12)26(22,23)24;2*1-5(2,3)4;;1-4(2)3/h1-15H;3-4,6-7,16H,5,8-10H2,1-2H3,(H,22,23,24);1H3,(H2,2,3,4);1H3,(H,2,3,4);;/q-2;;;;+2;. The number of fused-ring (bicyclic) bond motifs is 20. The van der Waals surface area contributed by atoms with E-state index in [4.69, 9.17) is 57.1 Å². The summed E-state index contributed by atoms with van der Waals surface area (Å²) in [6, 6.07) is 33.6. The second-order valence-electron chi connectivity index (χ2n) is 17.0. The Hall–Kier alpha value is -7.82. The number of nitrogens with one attached hydrogen (secondary N) is 1. The van der Waals surface area contributed by atoms with Crippen LogP contribution in [0.2, 0.25) is 0 Å². The molecule has 8 bridgehead atoms. The summed E-state index contributed by atoms with van der Waals surface area (Å²) >= 11 is 0. The van der Waals surface area contributed by atoms with Crippen LogP contribution in [-0.4, -0.2) is 131 Å². The number of nitrogens with two attached hydrogens (primary N) is 1. The molecule has 2 aliphatic heterocycles. The Labute approximate surface area is 474 Å². The van der Waals surface area contributed by atoms with E-state index < -0.39 is 50.9 Å². The van der Waals surface area contributed by atoms with Crippen molar-refractivity contribution in [3.05, 3.63) is 138 Å². The Morgan fingerprint density at radius 1 is 0.543 bits per heavy atom. The Morgan fingerprint density at radius 3 is 1.44 bits per heavy atom. The molecule has 7 heterocycles. The van der Waals surface area contributed by atoms with Gasteiger partial charge in [-0.25, -0.2) is 56.6 Å². The van der Waals surface area contributed by atoms with Gasteiger partial charge < -0.3 is 24.9 Å². The van der Waals surface area contributed by atoms with Crippen molar-refractivity contribution in [3.8, 4) is 45.7 Å². The topological polar surface area (TPSA) is 423 Å². The van der Waals surface area contributed by atoms with Crippen LogP contribution in [0.15, 0.2) is 120 Å². The molecule has 4 aromatic carbocycles. The minimum atomic E-state index is -4.34. The second-order valence-corrected chi connectivity index (χ2v) is 23.8. The van der Waals surface area contributed by atoms with E-state index >= 15 is 0 Å². The SMILES string of the molecule is CS(=O)(=O)O.CS(N)(=O)=O.Cc1nc(CCCNS(C)(=O)=O)nc(Cc2ccccc2S(=O)(=O)O)n1.O=S(=O)=O.[Cu+2].c1ccc2c(c1)-c1nc-2nc2[n-]c(nc3[n-]c(nc4nc(n1)-c1ncccc1-4)c1ccccc31)c1ccccc21. The molecule has 11 rings (SSSR count). The number of benzene rings is 4. The summed E-state index contributed by atoms with van der Waals surface area (Å²) in [6.07, 6.45) is 5.54. The fourth-order valence-corrected chi connectivity index (χ4v) is 8.94. The fraction of sp³-hybridized carbons (Fsp3) is 0.167. The van der Waals surface area contributed by atoms with E-state index in [1.54, 1.807) is 25.3 Å². The summed E-state index contributed by atoms with van der Waals surface area (Å²) < 4.78 is 127. The third-order valence-electron chi connectivity index (χ3n) is 10.6. The summed E-state index contributed by atoms with van der Waals surface area (Å²) in [5.74, 6) is 3.32. The van der Waals surface area contributed by atoms with Crippen LogP contribution in [0.25, 0.3) is 89.8 Å². The second kappa shape index (κ2) is 26.2. The van der Waals surface area contributed by atoms with Gasteiger partial charge in [-0.1, -0.05) is 91.0 Å². The molecule has 0 amide bonds. The third-order valence-corrected chi connectivity index (χ3v) is 12.2. The number of rotatable bonds is 8. The molecule has 5 aromatic heterocycles. The number of hydrogen-bond donors (Lipinski definition) is 4. The predicted molar refractivity (Wildman–Crippen MR) is 293 cm³/mol.